The number of nitrogens with zero attached hydrogens (tertiary/aromatic N) is 5. The van der Waals surface area contributed by atoms with Gasteiger partial charge in [-0.15, -0.1) is 10.2 Å². The van der Waals surface area contributed by atoms with Crippen molar-refractivity contribution in [2.45, 2.75) is 58.4 Å². The Morgan fingerprint density at radius 1 is 1.19 bits per heavy atom. The highest BCUT2D eigenvalue weighted by atomic mass is 16.6. The third kappa shape index (κ3) is 4.86. The summed E-state index contributed by atoms with van der Waals surface area (Å²) in [7, 11) is 0. The fourth-order valence-electron chi connectivity index (χ4n) is 4.45. The number of hydrogen-bond donors (Lipinski definition) is 1. The molecule has 0 aliphatic carbocycles. The van der Waals surface area contributed by atoms with Gasteiger partial charge in [-0.3, -0.25) is 14.9 Å². The van der Waals surface area contributed by atoms with Crippen LogP contribution in [0, 0.1) is 16.0 Å². The van der Waals surface area contributed by atoms with Gasteiger partial charge in [0.05, 0.1) is 4.92 Å². The highest BCUT2D eigenvalue weighted by molar-refractivity contribution is 5.95. The van der Waals surface area contributed by atoms with E-state index in [4.69, 9.17) is 0 Å². The second-order valence-electron chi connectivity index (χ2n) is 8.63. The van der Waals surface area contributed by atoms with Gasteiger partial charge in [-0.2, -0.15) is 0 Å². The normalized spacial score (nSPS) is 17.1. The molecule has 9 nitrogen and oxygen atoms in total. The van der Waals surface area contributed by atoms with Crippen molar-refractivity contribution in [3.05, 3.63) is 45.5 Å². The van der Waals surface area contributed by atoms with E-state index < -0.39 is 4.92 Å². The molecule has 2 aliphatic heterocycles. The molecule has 0 saturated carbocycles. The van der Waals surface area contributed by atoms with Crippen molar-refractivity contribution in [2.24, 2.45) is 5.92 Å². The lowest BCUT2D eigenvalue weighted by Gasteiger charge is -2.31. The van der Waals surface area contributed by atoms with Gasteiger partial charge in [0.15, 0.2) is 0 Å². The maximum absolute atomic E-state index is 12.6. The van der Waals surface area contributed by atoms with Crippen molar-refractivity contribution in [1.82, 2.24) is 20.1 Å². The lowest BCUT2D eigenvalue weighted by atomic mass is 9.98. The van der Waals surface area contributed by atoms with Crippen LogP contribution in [0.2, 0.25) is 0 Å². The number of piperidine rings is 1. The Labute approximate surface area is 182 Å². The molecule has 2 aliphatic rings. The standard InChI is InChI=1S/C22H30N6O3/c1-16-9-13-26(14-10-16)18-7-6-17(15-19(18)28(30)31)22(29)23-11-8-21-25-24-20-5-3-2-4-12-27(20)21/h6-7,15-16H,2-5,8-14H2,1H3,(H,23,29). The average Bonchev–Trinajstić information content (AvgIpc) is 3.00. The zero-order valence-electron chi connectivity index (χ0n) is 18.0. The summed E-state index contributed by atoms with van der Waals surface area (Å²) < 4.78 is 2.16. The van der Waals surface area contributed by atoms with E-state index in [-0.39, 0.29) is 11.6 Å². The molecule has 1 N–H and O–H groups in total. The van der Waals surface area contributed by atoms with Crippen LogP contribution in [-0.2, 0) is 19.4 Å². The van der Waals surface area contributed by atoms with Crippen LogP contribution in [0.4, 0.5) is 11.4 Å². The summed E-state index contributed by atoms with van der Waals surface area (Å²) in [5.74, 6) is 2.24. The van der Waals surface area contributed by atoms with Gasteiger partial charge in [0.2, 0.25) is 0 Å². The molecule has 3 heterocycles. The summed E-state index contributed by atoms with van der Waals surface area (Å²) in [6.07, 6.45) is 7.04. The van der Waals surface area contributed by atoms with Crippen LogP contribution >= 0.6 is 0 Å². The summed E-state index contributed by atoms with van der Waals surface area (Å²) in [6.45, 7) is 5.15. The summed E-state index contributed by atoms with van der Waals surface area (Å²) >= 11 is 0. The molecular formula is C22H30N6O3. The van der Waals surface area contributed by atoms with Crippen LogP contribution < -0.4 is 10.2 Å². The summed E-state index contributed by atoms with van der Waals surface area (Å²) in [5.41, 5.74) is 0.894. The minimum Gasteiger partial charge on any atom is -0.366 e. The SMILES string of the molecule is CC1CCN(c2ccc(C(=O)NCCc3nnc4n3CCCCC4)cc2[N+](=O)[O-])CC1. The quantitative estimate of drug-likeness (QED) is 0.562. The van der Waals surface area contributed by atoms with Gasteiger partial charge in [-0.25, -0.2) is 0 Å². The number of nitro groups is 1. The Hall–Kier alpha value is -2.97. The van der Waals surface area contributed by atoms with Crippen LogP contribution in [0.3, 0.4) is 0 Å². The molecule has 0 spiro atoms. The molecule has 0 unspecified atom stereocenters. The molecule has 1 amide bonds. The van der Waals surface area contributed by atoms with Crippen molar-refractivity contribution in [3.8, 4) is 0 Å². The van der Waals surface area contributed by atoms with E-state index in [9.17, 15) is 14.9 Å². The Kier molecular flexibility index (Phi) is 6.48. The number of aromatic nitrogens is 3. The monoisotopic (exact) mass is 426 g/mol. The number of anilines is 1. The van der Waals surface area contributed by atoms with Gasteiger partial charge in [-0.05, 0) is 43.7 Å². The molecule has 9 heteroatoms. The molecule has 1 saturated heterocycles. The topological polar surface area (TPSA) is 106 Å². The largest absolute Gasteiger partial charge is 0.366 e. The van der Waals surface area contributed by atoms with Crippen molar-refractivity contribution in [3.63, 3.8) is 0 Å². The number of amides is 1. The highest BCUT2D eigenvalue weighted by Gasteiger charge is 2.25. The lowest BCUT2D eigenvalue weighted by molar-refractivity contribution is -0.384. The molecule has 2 aromatic rings. The molecule has 0 radical (unpaired) electrons. The number of hydrogen-bond acceptors (Lipinski definition) is 6. The van der Waals surface area contributed by atoms with Gasteiger partial charge >= 0.3 is 0 Å². The Morgan fingerprint density at radius 2 is 2.00 bits per heavy atom. The zero-order chi connectivity index (χ0) is 21.8. The average molecular weight is 427 g/mol. The van der Waals surface area contributed by atoms with E-state index in [0.717, 1.165) is 63.4 Å². The van der Waals surface area contributed by atoms with E-state index in [1.807, 2.05) is 0 Å². The fourth-order valence-corrected chi connectivity index (χ4v) is 4.45. The maximum atomic E-state index is 12.6. The molecule has 1 aromatic carbocycles. The minimum atomic E-state index is -0.393. The number of fused-ring (bicyclic) bond motifs is 1. The molecule has 1 fully saturated rings. The van der Waals surface area contributed by atoms with Crippen molar-refractivity contribution < 1.29 is 9.72 Å². The first-order valence-corrected chi connectivity index (χ1v) is 11.3. The van der Waals surface area contributed by atoms with Gasteiger partial charge in [0.1, 0.15) is 17.3 Å². The Balaban J connectivity index is 1.40. The van der Waals surface area contributed by atoms with Gasteiger partial charge in [-0.1, -0.05) is 13.3 Å². The number of nitro benzene ring substituents is 1. The number of carbonyl (C=O) groups excluding carboxylic acids is 1. The van der Waals surface area contributed by atoms with Gasteiger partial charge in [0, 0.05) is 50.7 Å². The second kappa shape index (κ2) is 9.45. The van der Waals surface area contributed by atoms with E-state index in [1.54, 1.807) is 12.1 Å². The number of carbonyl (C=O) groups is 1. The molecule has 0 atom stereocenters. The van der Waals surface area contributed by atoms with Crippen molar-refractivity contribution in [2.75, 3.05) is 24.5 Å². The van der Waals surface area contributed by atoms with Crippen LogP contribution in [0.15, 0.2) is 18.2 Å². The van der Waals surface area contributed by atoms with Crippen molar-refractivity contribution >= 4 is 17.3 Å². The van der Waals surface area contributed by atoms with Crippen LogP contribution in [-0.4, -0.2) is 45.2 Å². The molecular weight excluding hydrogens is 396 g/mol. The maximum Gasteiger partial charge on any atom is 0.293 e. The van der Waals surface area contributed by atoms with E-state index in [2.05, 4.69) is 31.9 Å². The van der Waals surface area contributed by atoms with Crippen LogP contribution in [0.25, 0.3) is 0 Å². The summed E-state index contributed by atoms with van der Waals surface area (Å²) in [4.78, 5) is 26.0. The van der Waals surface area contributed by atoms with E-state index in [0.29, 0.717) is 30.1 Å². The van der Waals surface area contributed by atoms with Gasteiger partial charge in [0.25, 0.3) is 11.6 Å². The predicted molar refractivity (Wildman–Crippen MR) is 117 cm³/mol. The van der Waals surface area contributed by atoms with E-state index in [1.165, 1.54) is 12.5 Å². The first-order chi connectivity index (χ1) is 15.0. The number of nitrogens with one attached hydrogen (secondary N) is 1. The molecule has 4 rings (SSSR count). The molecule has 31 heavy (non-hydrogen) atoms. The summed E-state index contributed by atoms with van der Waals surface area (Å²) in [6, 6.07) is 4.78. The van der Waals surface area contributed by atoms with Crippen LogP contribution in [0.1, 0.15) is 61.0 Å². The first-order valence-electron chi connectivity index (χ1n) is 11.3. The van der Waals surface area contributed by atoms with Gasteiger partial charge < -0.3 is 14.8 Å². The second-order valence-corrected chi connectivity index (χ2v) is 8.63. The fraction of sp³-hybridized carbons (Fsp3) is 0.591. The number of benzene rings is 1. The Morgan fingerprint density at radius 3 is 2.77 bits per heavy atom. The molecule has 166 valence electrons. The highest BCUT2D eigenvalue weighted by Crippen LogP contribution is 2.32. The summed E-state index contributed by atoms with van der Waals surface area (Å²) in [5, 5.41) is 23.1. The van der Waals surface area contributed by atoms with Crippen molar-refractivity contribution in [1.29, 1.82) is 0 Å². The molecule has 0 bridgehead atoms. The lowest BCUT2D eigenvalue weighted by Crippen LogP contribution is -2.33. The zero-order valence-corrected chi connectivity index (χ0v) is 18.0. The molecule has 1 aromatic heterocycles. The minimum absolute atomic E-state index is 0.00928. The van der Waals surface area contributed by atoms with Crippen LogP contribution in [0.5, 0.6) is 0 Å². The smallest absolute Gasteiger partial charge is 0.293 e. The number of aryl methyl sites for hydroxylation is 1. The van der Waals surface area contributed by atoms with E-state index >= 15 is 0 Å². The third-order valence-corrected chi connectivity index (χ3v) is 6.38. The third-order valence-electron chi connectivity index (χ3n) is 6.38. The number of rotatable bonds is 6. The predicted octanol–water partition coefficient (Wildman–Crippen LogP) is 3.12. The first kappa shape index (κ1) is 21.3. The Bertz CT molecular complexity index is 949.